The molecule has 0 N–H and O–H groups in total. The van der Waals surface area contributed by atoms with Crippen LogP contribution in [0, 0.1) is 6.07 Å². The molecule has 2 aromatic rings. The van der Waals surface area contributed by atoms with E-state index >= 15 is 0 Å². The van der Waals surface area contributed by atoms with Gasteiger partial charge in [-0.15, -0.1) is 0 Å². The van der Waals surface area contributed by atoms with E-state index < -0.39 is 11.2 Å². The van der Waals surface area contributed by atoms with E-state index in [9.17, 15) is 4.55 Å². The highest BCUT2D eigenvalue weighted by atomic mass is 35.5. The van der Waals surface area contributed by atoms with Crippen molar-refractivity contribution in [2.24, 2.45) is 0 Å². The highest BCUT2D eigenvalue weighted by molar-refractivity contribution is 7.90. The van der Waals surface area contributed by atoms with E-state index in [0.29, 0.717) is 15.7 Å². The summed E-state index contributed by atoms with van der Waals surface area (Å²) in [5, 5.41) is 0.559. The Balaban J connectivity index is 2.15. The zero-order chi connectivity index (χ0) is 11.4. The predicted molar refractivity (Wildman–Crippen MR) is 66.8 cm³/mol. The minimum atomic E-state index is -1.09. The predicted octanol–water partition coefficient (Wildman–Crippen LogP) is 3.45. The van der Waals surface area contributed by atoms with E-state index in [-0.39, 0.29) is 0 Å². The van der Waals surface area contributed by atoms with Gasteiger partial charge in [-0.05, 0) is 29.4 Å². The molecular formula is C13H10ClOS. The lowest BCUT2D eigenvalue weighted by molar-refractivity contribution is 0.594. The lowest BCUT2D eigenvalue weighted by Crippen LogP contribution is -2.05. The van der Waals surface area contributed by atoms with Gasteiger partial charge in [0.25, 0.3) is 0 Å². The minimum absolute atomic E-state index is 0.485. The lowest BCUT2D eigenvalue weighted by Gasteiger charge is -2.11. The van der Waals surface area contributed by atoms with Crippen molar-refractivity contribution >= 4 is 22.8 Å². The Labute approximate surface area is 103 Å². The van der Waals surface area contributed by atoms with Crippen LogP contribution in [-0.4, -0.2) is 4.55 Å². The van der Waals surface area contributed by atoms with Crippen LogP contribution in [0.4, 0.5) is 0 Å². The molecule has 81 valence electrons. The summed E-state index contributed by atoms with van der Waals surface area (Å²) < 4.78 is 12.1. The summed E-state index contributed by atoms with van der Waals surface area (Å²) in [5.74, 6) is 0.485. The van der Waals surface area contributed by atoms with E-state index in [1.54, 1.807) is 12.1 Å². The molecule has 0 bridgehead atoms. The van der Waals surface area contributed by atoms with Gasteiger partial charge in [0.1, 0.15) is 5.75 Å². The van der Waals surface area contributed by atoms with E-state index in [4.69, 9.17) is 11.6 Å². The molecule has 1 unspecified atom stereocenters. The smallest absolute Gasteiger partial charge is 0.171 e. The zero-order valence-corrected chi connectivity index (χ0v) is 10.1. The molecule has 0 amide bonds. The van der Waals surface area contributed by atoms with E-state index in [0.717, 1.165) is 5.56 Å². The number of halogens is 1. The SMILES string of the molecule is [O-][S+](Cc1cc[c]cc1)c1ccccc1Cl. The Morgan fingerprint density at radius 2 is 1.81 bits per heavy atom. The second kappa shape index (κ2) is 5.39. The van der Waals surface area contributed by atoms with Gasteiger partial charge in [-0.2, -0.15) is 0 Å². The summed E-state index contributed by atoms with van der Waals surface area (Å²) in [6.45, 7) is 0. The van der Waals surface area contributed by atoms with Crippen molar-refractivity contribution in [2.75, 3.05) is 0 Å². The Morgan fingerprint density at radius 3 is 2.50 bits per heavy atom. The third-order valence-electron chi connectivity index (χ3n) is 2.17. The van der Waals surface area contributed by atoms with Gasteiger partial charge in [0.15, 0.2) is 4.90 Å². The number of hydrogen-bond donors (Lipinski definition) is 0. The molecule has 16 heavy (non-hydrogen) atoms. The topological polar surface area (TPSA) is 23.1 Å². The Kier molecular flexibility index (Phi) is 3.88. The molecule has 0 aliphatic heterocycles. The first kappa shape index (κ1) is 11.5. The van der Waals surface area contributed by atoms with Crippen LogP contribution in [0.25, 0.3) is 0 Å². The Bertz CT molecular complexity index is 458. The summed E-state index contributed by atoms with van der Waals surface area (Å²) in [7, 11) is 0. The minimum Gasteiger partial charge on any atom is -0.611 e. The van der Waals surface area contributed by atoms with E-state index in [2.05, 4.69) is 6.07 Å². The van der Waals surface area contributed by atoms with Crippen LogP contribution in [0.2, 0.25) is 5.02 Å². The van der Waals surface area contributed by atoms with Crippen molar-refractivity contribution in [3.05, 3.63) is 65.2 Å². The van der Waals surface area contributed by atoms with Crippen molar-refractivity contribution in [3.8, 4) is 0 Å². The Morgan fingerprint density at radius 1 is 1.12 bits per heavy atom. The van der Waals surface area contributed by atoms with Crippen molar-refractivity contribution in [1.29, 1.82) is 0 Å². The highest BCUT2D eigenvalue weighted by Crippen LogP contribution is 2.23. The summed E-state index contributed by atoms with van der Waals surface area (Å²) in [4.78, 5) is 0.692. The molecule has 1 radical (unpaired) electrons. The van der Waals surface area contributed by atoms with Gasteiger partial charge in [0.05, 0.1) is 5.02 Å². The second-order valence-electron chi connectivity index (χ2n) is 3.33. The summed E-state index contributed by atoms with van der Waals surface area (Å²) in [5.41, 5.74) is 1.03. The number of rotatable bonds is 3. The van der Waals surface area contributed by atoms with Gasteiger partial charge in [-0.1, -0.05) is 48.0 Å². The molecular weight excluding hydrogens is 240 g/mol. The number of benzene rings is 2. The van der Waals surface area contributed by atoms with Crippen LogP contribution in [0.5, 0.6) is 0 Å². The van der Waals surface area contributed by atoms with Crippen LogP contribution in [-0.2, 0) is 16.9 Å². The molecule has 0 aliphatic rings. The fourth-order valence-electron chi connectivity index (χ4n) is 1.38. The molecule has 0 spiro atoms. The normalized spacial score (nSPS) is 12.4. The molecule has 0 aliphatic carbocycles. The van der Waals surface area contributed by atoms with Crippen LogP contribution in [0.3, 0.4) is 0 Å². The molecule has 0 heterocycles. The highest BCUT2D eigenvalue weighted by Gasteiger charge is 2.14. The molecule has 2 aromatic carbocycles. The largest absolute Gasteiger partial charge is 0.611 e. The third-order valence-corrected chi connectivity index (χ3v) is 4.05. The molecule has 0 aromatic heterocycles. The van der Waals surface area contributed by atoms with Gasteiger partial charge < -0.3 is 4.55 Å². The first-order valence-corrected chi connectivity index (χ1v) is 6.55. The average molecular weight is 250 g/mol. The average Bonchev–Trinajstić information content (AvgIpc) is 2.31. The summed E-state index contributed by atoms with van der Waals surface area (Å²) in [6, 6.07) is 17.6. The van der Waals surface area contributed by atoms with Gasteiger partial charge in [-0.25, -0.2) is 0 Å². The standard InChI is InChI=1S/C13H10ClOS/c14-12-8-4-5-9-13(12)16(15)10-11-6-2-1-3-7-11/h2-9H,10H2. The van der Waals surface area contributed by atoms with E-state index in [1.165, 1.54) is 0 Å². The maximum Gasteiger partial charge on any atom is 0.171 e. The first-order valence-electron chi connectivity index (χ1n) is 4.85. The fraction of sp³-hybridized carbons (Fsp3) is 0.0769. The van der Waals surface area contributed by atoms with Crippen molar-refractivity contribution < 1.29 is 4.55 Å². The van der Waals surface area contributed by atoms with Gasteiger partial charge >= 0.3 is 0 Å². The fourth-order valence-corrected chi connectivity index (χ4v) is 2.94. The number of hydrogen-bond acceptors (Lipinski definition) is 1. The quantitative estimate of drug-likeness (QED) is 0.764. The lowest BCUT2D eigenvalue weighted by atomic mass is 10.2. The molecule has 1 nitrogen and oxygen atoms in total. The molecule has 1 atom stereocenters. The van der Waals surface area contributed by atoms with Crippen LogP contribution in [0.1, 0.15) is 5.56 Å². The van der Waals surface area contributed by atoms with Gasteiger partial charge in [-0.3, -0.25) is 0 Å². The zero-order valence-electron chi connectivity index (χ0n) is 8.52. The summed E-state index contributed by atoms with van der Waals surface area (Å²) in [6.07, 6.45) is 0. The maximum absolute atomic E-state index is 12.1. The van der Waals surface area contributed by atoms with Crippen LogP contribution in [0.15, 0.2) is 53.4 Å². The first-order chi connectivity index (χ1) is 7.77. The Hall–Kier alpha value is -0.960. The van der Waals surface area contributed by atoms with Gasteiger partial charge in [0, 0.05) is 5.56 Å². The molecule has 0 saturated carbocycles. The third kappa shape index (κ3) is 2.79. The van der Waals surface area contributed by atoms with Crippen molar-refractivity contribution in [3.63, 3.8) is 0 Å². The monoisotopic (exact) mass is 249 g/mol. The molecule has 2 rings (SSSR count). The van der Waals surface area contributed by atoms with Crippen LogP contribution >= 0.6 is 11.6 Å². The molecule has 0 saturated heterocycles. The van der Waals surface area contributed by atoms with Gasteiger partial charge in [0.2, 0.25) is 0 Å². The van der Waals surface area contributed by atoms with E-state index in [1.807, 2.05) is 36.4 Å². The molecule has 0 fully saturated rings. The molecule has 3 heteroatoms. The van der Waals surface area contributed by atoms with Crippen molar-refractivity contribution in [1.82, 2.24) is 0 Å². The van der Waals surface area contributed by atoms with Crippen molar-refractivity contribution in [2.45, 2.75) is 10.6 Å². The maximum atomic E-state index is 12.1. The summed E-state index contributed by atoms with van der Waals surface area (Å²) >= 11 is 4.89. The second-order valence-corrected chi connectivity index (χ2v) is 5.16. The van der Waals surface area contributed by atoms with Crippen LogP contribution < -0.4 is 0 Å².